The van der Waals surface area contributed by atoms with Crippen LogP contribution in [0, 0.1) is 0 Å². The minimum Gasteiger partial charge on any atom is -0.455 e. The number of amides is 1. The molecular formula is C10H14F3N3O3. The van der Waals surface area contributed by atoms with Gasteiger partial charge in [0.2, 0.25) is 0 Å². The van der Waals surface area contributed by atoms with Gasteiger partial charge in [0.25, 0.3) is 0 Å². The van der Waals surface area contributed by atoms with E-state index in [9.17, 15) is 18.0 Å². The van der Waals surface area contributed by atoms with Crippen molar-refractivity contribution >= 4 is 5.91 Å². The number of hydrogen-bond acceptors (Lipinski definition) is 5. The fraction of sp³-hybridized carbons (Fsp3) is 0.500. The highest BCUT2D eigenvalue weighted by Gasteiger charge is 2.30. The SMILES string of the molecule is NNC(=O)c1ccc(CN(CCO)CC(F)(F)F)o1. The third-order valence-corrected chi connectivity index (χ3v) is 2.22. The van der Waals surface area contributed by atoms with E-state index in [1.807, 2.05) is 5.43 Å². The first-order valence-corrected chi connectivity index (χ1v) is 5.35. The summed E-state index contributed by atoms with van der Waals surface area (Å²) in [5, 5.41) is 8.72. The molecule has 0 radical (unpaired) electrons. The van der Waals surface area contributed by atoms with Crippen LogP contribution >= 0.6 is 0 Å². The maximum atomic E-state index is 12.3. The molecule has 0 spiro atoms. The van der Waals surface area contributed by atoms with Crippen LogP contribution in [-0.2, 0) is 6.54 Å². The van der Waals surface area contributed by atoms with Crippen LogP contribution in [0.5, 0.6) is 0 Å². The van der Waals surface area contributed by atoms with Crippen molar-refractivity contribution in [1.29, 1.82) is 0 Å². The summed E-state index contributed by atoms with van der Waals surface area (Å²) in [4.78, 5) is 12.1. The van der Waals surface area contributed by atoms with Crippen molar-refractivity contribution in [3.05, 3.63) is 23.7 Å². The highest BCUT2D eigenvalue weighted by molar-refractivity contribution is 5.90. The zero-order chi connectivity index (χ0) is 14.5. The van der Waals surface area contributed by atoms with Gasteiger partial charge in [0.1, 0.15) is 5.76 Å². The predicted molar refractivity (Wildman–Crippen MR) is 58.8 cm³/mol. The van der Waals surface area contributed by atoms with Crippen molar-refractivity contribution in [3.8, 4) is 0 Å². The number of nitrogens with two attached hydrogens (primary N) is 1. The van der Waals surface area contributed by atoms with Gasteiger partial charge >= 0.3 is 12.1 Å². The molecule has 0 aromatic carbocycles. The molecule has 0 atom stereocenters. The standard InChI is InChI=1S/C10H14F3N3O3/c11-10(12,13)6-16(3-4-17)5-7-1-2-8(19-7)9(18)15-14/h1-2,17H,3-6,14H2,(H,15,18). The normalized spacial score (nSPS) is 11.9. The smallest absolute Gasteiger partial charge is 0.401 e. The van der Waals surface area contributed by atoms with Gasteiger partial charge in [0, 0.05) is 6.54 Å². The molecule has 0 aliphatic heterocycles. The van der Waals surface area contributed by atoms with Crippen molar-refractivity contribution in [2.24, 2.45) is 5.84 Å². The number of hydrogen-bond donors (Lipinski definition) is 3. The maximum absolute atomic E-state index is 12.3. The summed E-state index contributed by atoms with van der Waals surface area (Å²) in [6, 6.07) is 2.69. The molecule has 0 bridgehead atoms. The van der Waals surface area contributed by atoms with Gasteiger partial charge in [-0.25, -0.2) is 5.84 Å². The zero-order valence-electron chi connectivity index (χ0n) is 9.91. The number of aliphatic hydroxyl groups is 1. The first-order chi connectivity index (χ1) is 8.85. The molecule has 108 valence electrons. The number of rotatable bonds is 6. The summed E-state index contributed by atoms with van der Waals surface area (Å²) in [6.07, 6.45) is -4.38. The number of hydrazine groups is 1. The average molecular weight is 281 g/mol. The Kier molecular flexibility index (Phi) is 5.33. The Morgan fingerprint density at radius 1 is 1.47 bits per heavy atom. The van der Waals surface area contributed by atoms with Crippen molar-refractivity contribution in [3.63, 3.8) is 0 Å². The van der Waals surface area contributed by atoms with E-state index in [-0.39, 0.29) is 24.6 Å². The summed E-state index contributed by atoms with van der Waals surface area (Å²) < 4.78 is 41.9. The van der Waals surface area contributed by atoms with Gasteiger partial charge in [-0.05, 0) is 12.1 Å². The zero-order valence-corrected chi connectivity index (χ0v) is 9.91. The first-order valence-electron chi connectivity index (χ1n) is 5.35. The summed E-state index contributed by atoms with van der Waals surface area (Å²) >= 11 is 0. The van der Waals surface area contributed by atoms with Gasteiger partial charge in [0.15, 0.2) is 5.76 Å². The van der Waals surface area contributed by atoms with Crippen LogP contribution in [0.1, 0.15) is 16.3 Å². The Morgan fingerprint density at radius 3 is 2.68 bits per heavy atom. The molecule has 0 saturated heterocycles. The number of halogens is 3. The highest BCUT2D eigenvalue weighted by atomic mass is 19.4. The molecule has 1 aromatic heterocycles. The molecule has 19 heavy (non-hydrogen) atoms. The fourth-order valence-corrected chi connectivity index (χ4v) is 1.49. The molecule has 1 rings (SSSR count). The number of aliphatic hydroxyl groups excluding tert-OH is 1. The lowest BCUT2D eigenvalue weighted by Gasteiger charge is -2.21. The van der Waals surface area contributed by atoms with E-state index in [0.717, 1.165) is 4.90 Å². The molecule has 9 heteroatoms. The van der Waals surface area contributed by atoms with Crippen LogP contribution in [0.4, 0.5) is 13.2 Å². The van der Waals surface area contributed by atoms with Crippen LogP contribution in [0.15, 0.2) is 16.5 Å². The van der Waals surface area contributed by atoms with E-state index in [2.05, 4.69) is 0 Å². The largest absolute Gasteiger partial charge is 0.455 e. The lowest BCUT2D eigenvalue weighted by Crippen LogP contribution is -2.35. The van der Waals surface area contributed by atoms with E-state index < -0.39 is 25.2 Å². The Bertz CT molecular complexity index is 420. The minimum atomic E-state index is -4.38. The molecule has 0 aliphatic rings. The van der Waals surface area contributed by atoms with Gasteiger partial charge in [-0.2, -0.15) is 13.2 Å². The molecule has 0 aliphatic carbocycles. The number of nitrogens with one attached hydrogen (secondary N) is 1. The molecule has 4 N–H and O–H groups in total. The number of carbonyl (C=O) groups is 1. The van der Waals surface area contributed by atoms with Gasteiger partial charge in [-0.1, -0.05) is 0 Å². The first kappa shape index (κ1) is 15.5. The average Bonchev–Trinajstić information content (AvgIpc) is 2.74. The molecule has 1 heterocycles. The second-order valence-corrected chi connectivity index (χ2v) is 3.79. The second kappa shape index (κ2) is 6.55. The Morgan fingerprint density at radius 2 is 2.16 bits per heavy atom. The lowest BCUT2D eigenvalue weighted by atomic mass is 10.3. The van der Waals surface area contributed by atoms with Crippen molar-refractivity contribution in [2.75, 3.05) is 19.7 Å². The molecule has 0 saturated carbocycles. The number of nitrogens with zero attached hydrogens (tertiary/aromatic N) is 1. The van der Waals surface area contributed by atoms with Crippen LogP contribution < -0.4 is 11.3 Å². The molecule has 1 aromatic rings. The molecule has 6 nitrogen and oxygen atoms in total. The van der Waals surface area contributed by atoms with Gasteiger partial charge < -0.3 is 9.52 Å². The summed E-state index contributed by atoms with van der Waals surface area (Å²) in [6.45, 7) is -1.91. The molecule has 1 amide bonds. The molecular weight excluding hydrogens is 267 g/mol. The topological polar surface area (TPSA) is 91.7 Å². The lowest BCUT2D eigenvalue weighted by molar-refractivity contribution is -0.148. The molecule has 0 unspecified atom stereocenters. The Labute approximate surface area is 106 Å². The van der Waals surface area contributed by atoms with Gasteiger partial charge in [-0.3, -0.25) is 15.1 Å². The number of carbonyl (C=O) groups excluding carboxylic acids is 1. The van der Waals surface area contributed by atoms with Crippen LogP contribution in [0.25, 0.3) is 0 Å². The second-order valence-electron chi connectivity index (χ2n) is 3.79. The van der Waals surface area contributed by atoms with E-state index >= 15 is 0 Å². The number of alkyl halides is 3. The van der Waals surface area contributed by atoms with Crippen LogP contribution in [-0.4, -0.2) is 41.8 Å². The summed E-state index contributed by atoms with van der Waals surface area (Å²) in [5.74, 6) is 4.31. The van der Waals surface area contributed by atoms with Crippen LogP contribution in [0.2, 0.25) is 0 Å². The quantitative estimate of drug-likeness (QED) is 0.395. The van der Waals surface area contributed by atoms with Crippen molar-refractivity contribution < 1.29 is 27.5 Å². The van der Waals surface area contributed by atoms with Gasteiger partial charge in [-0.15, -0.1) is 0 Å². The van der Waals surface area contributed by atoms with E-state index in [4.69, 9.17) is 15.4 Å². The maximum Gasteiger partial charge on any atom is 0.401 e. The van der Waals surface area contributed by atoms with E-state index in [0.29, 0.717) is 0 Å². The van der Waals surface area contributed by atoms with E-state index in [1.54, 1.807) is 0 Å². The Balaban J connectivity index is 2.68. The van der Waals surface area contributed by atoms with Crippen molar-refractivity contribution in [1.82, 2.24) is 10.3 Å². The molecule has 0 fully saturated rings. The number of nitrogen functional groups attached to an aromatic ring is 1. The highest BCUT2D eigenvalue weighted by Crippen LogP contribution is 2.18. The summed E-state index contributed by atoms with van der Waals surface area (Å²) in [7, 11) is 0. The monoisotopic (exact) mass is 281 g/mol. The number of furan rings is 1. The fourth-order valence-electron chi connectivity index (χ4n) is 1.49. The third kappa shape index (κ3) is 5.28. The van der Waals surface area contributed by atoms with Crippen LogP contribution in [0.3, 0.4) is 0 Å². The third-order valence-electron chi connectivity index (χ3n) is 2.22. The Hall–Kier alpha value is -1.58. The predicted octanol–water partition coefficient (Wildman–Crippen LogP) is 0.240. The van der Waals surface area contributed by atoms with Crippen molar-refractivity contribution in [2.45, 2.75) is 12.7 Å². The van der Waals surface area contributed by atoms with Gasteiger partial charge in [0.05, 0.1) is 19.7 Å². The minimum absolute atomic E-state index is 0.0894. The van der Waals surface area contributed by atoms with E-state index in [1.165, 1.54) is 12.1 Å². The summed E-state index contributed by atoms with van der Waals surface area (Å²) in [5.41, 5.74) is 1.85.